The van der Waals surface area contributed by atoms with Gasteiger partial charge in [-0.25, -0.2) is 4.68 Å². The molecular formula is C13H16N4O3S. The van der Waals surface area contributed by atoms with Crippen molar-refractivity contribution in [1.82, 2.24) is 14.9 Å². The van der Waals surface area contributed by atoms with Crippen LogP contribution < -0.4 is 10.6 Å². The highest BCUT2D eigenvalue weighted by molar-refractivity contribution is 7.99. The van der Waals surface area contributed by atoms with Crippen LogP contribution in [0.1, 0.15) is 11.4 Å². The van der Waals surface area contributed by atoms with Gasteiger partial charge in [-0.05, 0) is 17.7 Å². The van der Waals surface area contributed by atoms with E-state index in [2.05, 4.69) is 14.9 Å². The zero-order valence-corrected chi connectivity index (χ0v) is 12.6. The minimum atomic E-state index is -0.334. The maximum Gasteiger partial charge on any atom is 0.316 e. The number of hydrogen-bond acceptors (Lipinski definition) is 7. The maximum atomic E-state index is 11.1. The Morgan fingerprint density at radius 3 is 2.62 bits per heavy atom. The van der Waals surface area contributed by atoms with Crippen molar-refractivity contribution in [3.8, 4) is 5.75 Å². The molecule has 2 rings (SSSR count). The van der Waals surface area contributed by atoms with Gasteiger partial charge in [0.1, 0.15) is 5.75 Å². The quantitative estimate of drug-likeness (QED) is 0.480. The van der Waals surface area contributed by atoms with E-state index in [1.807, 2.05) is 24.3 Å². The van der Waals surface area contributed by atoms with E-state index < -0.39 is 0 Å². The number of nitrogens with zero attached hydrogens (tertiary/aromatic N) is 3. The number of nitrogens with two attached hydrogens (primary N) is 1. The van der Waals surface area contributed by atoms with E-state index in [0.717, 1.165) is 11.3 Å². The number of hydrogen-bond donors (Lipinski definition) is 1. The van der Waals surface area contributed by atoms with Crippen LogP contribution in [0.3, 0.4) is 0 Å². The number of aromatic nitrogens is 3. The van der Waals surface area contributed by atoms with Crippen LogP contribution >= 0.6 is 11.8 Å². The van der Waals surface area contributed by atoms with Gasteiger partial charge in [0.05, 0.1) is 20.0 Å². The van der Waals surface area contributed by atoms with Crippen molar-refractivity contribution in [3.05, 3.63) is 35.7 Å². The van der Waals surface area contributed by atoms with Gasteiger partial charge >= 0.3 is 5.97 Å². The van der Waals surface area contributed by atoms with E-state index in [4.69, 9.17) is 10.6 Å². The van der Waals surface area contributed by atoms with Crippen LogP contribution in [0.15, 0.2) is 29.4 Å². The van der Waals surface area contributed by atoms with Crippen molar-refractivity contribution in [3.63, 3.8) is 0 Å². The van der Waals surface area contributed by atoms with Gasteiger partial charge in [-0.3, -0.25) is 4.79 Å². The number of nitrogen functional groups attached to an aromatic ring is 1. The predicted molar refractivity (Wildman–Crippen MR) is 78.7 cm³/mol. The molecule has 0 aliphatic carbocycles. The normalized spacial score (nSPS) is 10.4. The number of esters is 1. The lowest BCUT2D eigenvalue weighted by Gasteiger charge is -2.04. The van der Waals surface area contributed by atoms with Gasteiger partial charge in [-0.1, -0.05) is 23.9 Å². The number of ether oxygens (including phenoxy) is 2. The van der Waals surface area contributed by atoms with Crippen LogP contribution in [-0.2, 0) is 16.0 Å². The highest BCUT2D eigenvalue weighted by Gasteiger charge is 2.12. The Morgan fingerprint density at radius 1 is 1.29 bits per heavy atom. The second-order valence-electron chi connectivity index (χ2n) is 4.16. The standard InChI is InChI=1S/C13H16N4O3S/c1-19-10-5-3-9(4-6-10)7-11-15-16-13(17(11)14)21-8-12(18)20-2/h3-6H,7-8,14H2,1-2H3. The Labute approximate surface area is 126 Å². The van der Waals surface area contributed by atoms with Crippen molar-refractivity contribution in [1.29, 1.82) is 0 Å². The van der Waals surface area contributed by atoms with E-state index in [1.165, 1.54) is 23.5 Å². The number of carbonyl (C=O) groups excluding carboxylic acids is 1. The molecule has 1 aromatic heterocycles. The van der Waals surface area contributed by atoms with Crippen LogP contribution in [0.5, 0.6) is 5.75 Å². The number of methoxy groups -OCH3 is 2. The third-order valence-electron chi connectivity index (χ3n) is 2.80. The molecule has 0 atom stereocenters. The van der Waals surface area contributed by atoms with Gasteiger partial charge in [0.2, 0.25) is 5.16 Å². The molecule has 0 aliphatic heterocycles. The summed E-state index contributed by atoms with van der Waals surface area (Å²) in [4.78, 5) is 11.1. The van der Waals surface area contributed by atoms with Crippen molar-refractivity contribution < 1.29 is 14.3 Å². The highest BCUT2D eigenvalue weighted by atomic mass is 32.2. The second-order valence-corrected chi connectivity index (χ2v) is 5.10. The highest BCUT2D eigenvalue weighted by Crippen LogP contribution is 2.17. The van der Waals surface area contributed by atoms with Crippen LogP contribution in [0.25, 0.3) is 0 Å². The van der Waals surface area contributed by atoms with Gasteiger partial charge < -0.3 is 15.3 Å². The Kier molecular flexibility index (Phi) is 5.04. The van der Waals surface area contributed by atoms with Crippen molar-refractivity contribution in [2.45, 2.75) is 11.6 Å². The zero-order chi connectivity index (χ0) is 15.2. The maximum absolute atomic E-state index is 11.1. The van der Waals surface area contributed by atoms with Crippen LogP contribution in [0.2, 0.25) is 0 Å². The lowest BCUT2D eigenvalue weighted by atomic mass is 10.1. The molecule has 0 spiro atoms. The fourth-order valence-corrected chi connectivity index (χ4v) is 2.34. The molecular weight excluding hydrogens is 292 g/mol. The predicted octanol–water partition coefficient (Wildman–Crippen LogP) is 0.856. The first-order valence-corrected chi connectivity index (χ1v) is 7.14. The first-order valence-electron chi connectivity index (χ1n) is 6.16. The summed E-state index contributed by atoms with van der Waals surface area (Å²) in [6, 6.07) is 7.63. The van der Waals surface area contributed by atoms with Crippen LogP contribution in [0.4, 0.5) is 0 Å². The number of benzene rings is 1. The van der Waals surface area contributed by atoms with E-state index >= 15 is 0 Å². The van der Waals surface area contributed by atoms with E-state index in [0.29, 0.717) is 17.4 Å². The summed E-state index contributed by atoms with van der Waals surface area (Å²) in [7, 11) is 2.96. The molecule has 7 nitrogen and oxygen atoms in total. The Hall–Kier alpha value is -2.22. The number of carbonyl (C=O) groups is 1. The molecule has 1 heterocycles. The van der Waals surface area contributed by atoms with Crippen molar-refractivity contribution in [2.75, 3.05) is 25.8 Å². The van der Waals surface area contributed by atoms with Gasteiger partial charge in [-0.15, -0.1) is 10.2 Å². The van der Waals surface area contributed by atoms with Crippen molar-refractivity contribution >= 4 is 17.7 Å². The van der Waals surface area contributed by atoms with Gasteiger partial charge in [0, 0.05) is 6.42 Å². The Bertz CT molecular complexity index is 612. The van der Waals surface area contributed by atoms with Gasteiger partial charge in [0.25, 0.3) is 0 Å². The molecule has 0 saturated carbocycles. The zero-order valence-electron chi connectivity index (χ0n) is 11.8. The summed E-state index contributed by atoms with van der Waals surface area (Å²) < 4.78 is 11.1. The molecule has 0 saturated heterocycles. The third kappa shape index (κ3) is 3.88. The minimum absolute atomic E-state index is 0.147. The molecule has 1 aromatic carbocycles. The topological polar surface area (TPSA) is 92.3 Å². The molecule has 0 amide bonds. The molecule has 21 heavy (non-hydrogen) atoms. The Morgan fingerprint density at radius 2 is 2.00 bits per heavy atom. The molecule has 0 aliphatic rings. The SMILES string of the molecule is COC(=O)CSc1nnc(Cc2ccc(OC)cc2)n1N. The fourth-order valence-electron chi connectivity index (χ4n) is 1.63. The monoisotopic (exact) mass is 308 g/mol. The summed E-state index contributed by atoms with van der Waals surface area (Å²) in [5.74, 6) is 7.15. The molecule has 8 heteroatoms. The summed E-state index contributed by atoms with van der Waals surface area (Å²) in [5, 5.41) is 8.49. The first-order chi connectivity index (χ1) is 10.1. The molecule has 0 bridgehead atoms. The lowest BCUT2D eigenvalue weighted by Crippen LogP contribution is -2.15. The fraction of sp³-hybridized carbons (Fsp3) is 0.308. The second kappa shape index (κ2) is 6.98. The molecule has 0 unspecified atom stereocenters. The van der Waals surface area contributed by atoms with Crippen molar-refractivity contribution in [2.24, 2.45) is 0 Å². The third-order valence-corrected chi connectivity index (χ3v) is 3.72. The summed E-state index contributed by atoms with van der Waals surface area (Å²) in [6.45, 7) is 0. The average Bonchev–Trinajstić information content (AvgIpc) is 2.86. The summed E-state index contributed by atoms with van der Waals surface area (Å²) in [6.07, 6.45) is 0.548. The largest absolute Gasteiger partial charge is 0.497 e. The van der Waals surface area contributed by atoms with Crippen LogP contribution in [0, 0.1) is 0 Å². The van der Waals surface area contributed by atoms with E-state index in [-0.39, 0.29) is 11.7 Å². The lowest BCUT2D eigenvalue weighted by molar-refractivity contribution is -0.137. The van der Waals surface area contributed by atoms with E-state index in [9.17, 15) is 4.79 Å². The van der Waals surface area contributed by atoms with Gasteiger partial charge in [0.15, 0.2) is 5.82 Å². The Balaban J connectivity index is 2.03. The molecule has 112 valence electrons. The molecule has 2 N–H and O–H groups in total. The first kappa shape index (κ1) is 15.2. The molecule has 0 radical (unpaired) electrons. The van der Waals surface area contributed by atoms with E-state index in [1.54, 1.807) is 7.11 Å². The average molecular weight is 308 g/mol. The number of rotatable bonds is 6. The summed E-state index contributed by atoms with van der Waals surface area (Å²) >= 11 is 1.19. The van der Waals surface area contributed by atoms with Gasteiger partial charge in [-0.2, -0.15) is 0 Å². The molecule has 0 fully saturated rings. The number of thioether (sulfide) groups is 1. The smallest absolute Gasteiger partial charge is 0.316 e. The summed E-state index contributed by atoms with van der Waals surface area (Å²) in [5.41, 5.74) is 1.04. The minimum Gasteiger partial charge on any atom is -0.497 e. The molecule has 2 aromatic rings. The van der Waals surface area contributed by atoms with Crippen LogP contribution in [-0.4, -0.2) is 40.8 Å².